The summed E-state index contributed by atoms with van der Waals surface area (Å²) in [6.45, 7) is 7.34. The van der Waals surface area contributed by atoms with Crippen LogP contribution in [-0.2, 0) is 9.53 Å². The SMILES string of the molecule is Cc1nc(C)c(C(=O)N2CCC3(CC2)COC(CN(C)C2CCC(O)CC2)C3)s1.O=C(O)C(F)(F)F. The number of aryl methyl sites for hydroxylation is 2. The number of hydrogen-bond donors (Lipinski definition) is 2. The summed E-state index contributed by atoms with van der Waals surface area (Å²) >= 11 is 1.51. The molecule has 0 radical (unpaired) electrons. The third-order valence-electron chi connectivity index (χ3n) is 7.52. The van der Waals surface area contributed by atoms with Gasteiger partial charge in [-0.15, -0.1) is 11.3 Å². The predicted octanol–water partition coefficient (Wildman–Crippen LogP) is 3.64. The van der Waals surface area contributed by atoms with Crippen LogP contribution >= 0.6 is 11.3 Å². The fourth-order valence-corrected chi connectivity index (χ4v) is 6.28. The maximum Gasteiger partial charge on any atom is 0.490 e. The number of thiazole rings is 1. The van der Waals surface area contributed by atoms with Crippen molar-refractivity contribution in [1.82, 2.24) is 14.8 Å². The maximum atomic E-state index is 12.9. The van der Waals surface area contributed by atoms with Gasteiger partial charge in [0.05, 0.1) is 29.5 Å². The Bertz CT molecular complexity index is 909. The quantitative estimate of drug-likeness (QED) is 0.607. The number of alkyl halides is 3. The van der Waals surface area contributed by atoms with Crippen molar-refractivity contribution < 1.29 is 37.7 Å². The summed E-state index contributed by atoms with van der Waals surface area (Å²) in [6, 6.07) is 0.573. The van der Waals surface area contributed by atoms with Crippen molar-refractivity contribution >= 4 is 23.2 Å². The smallest absolute Gasteiger partial charge is 0.475 e. The number of likely N-dealkylation sites (N-methyl/N-ethyl adjacent to an activating group) is 1. The molecule has 12 heteroatoms. The van der Waals surface area contributed by atoms with Crippen molar-refractivity contribution in [1.29, 1.82) is 0 Å². The molecular formula is C24H36F3N3O5S. The van der Waals surface area contributed by atoms with Crippen LogP contribution in [0.3, 0.4) is 0 Å². The lowest BCUT2D eigenvalue weighted by atomic mass is 9.76. The minimum Gasteiger partial charge on any atom is -0.475 e. The van der Waals surface area contributed by atoms with E-state index in [2.05, 4.69) is 16.9 Å². The second kappa shape index (κ2) is 11.7. The van der Waals surface area contributed by atoms with Crippen LogP contribution in [0.2, 0.25) is 0 Å². The van der Waals surface area contributed by atoms with E-state index in [4.69, 9.17) is 14.6 Å². The van der Waals surface area contributed by atoms with E-state index < -0.39 is 12.1 Å². The predicted molar refractivity (Wildman–Crippen MR) is 128 cm³/mol. The molecule has 1 amide bonds. The Hall–Kier alpha value is -1.76. The molecule has 1 saturated carbocycles. The minimum atomic E-state index is -5.08. The molecule has 0 aromatic carbocycles. The van der Waals surface area contributed by atoms with Gasteiger partial charge in [0.1, 0.15) is 4.88 Å². The number of carbonyl (C=O) groups excluding carboxylic acids is 1. The van der Waals surface area contributed by atoms with E-state index in [1.54, 1.807) is 0 Å². The zero-order chi connectivity index (χ0) is 26.7. The first-order chi connectivity index (χ1) is 16.8. The Labute approximate surface area is 213 Å². The van der Waals surface area contributed by atoms with E-state index in [9.17, 15) is 23.1 Å². The zero-order valence-electron chi connectivity index (χ0n) is 21.0. The number of hydrogen-bond acceptors (Lipinski definition) is 7. The van der Waals surface area contributed by atoms with Gasteiger partial charge in [-0.25, -0.2) is 9.78 Å². The molecule has 1 spiro atoms. The van der Waals surface area contributed by atoms with Crippen LogP contribution in [-0.4, -0.2) is 94.6 Å². The second-order valence-electron chi connectivity index (χ2n) is 10.3. The van der Waals surface area contributed by atoms with Gasteiger partial charge in [0, 0.05) is 25.7 Å². The van der Waals surface area contributed by atoms with Crippen molar-refractivity contribution in [2.24, 2.45) is 5.41 Å². The molecule has 2 N–H and O–H groups in total. The number of carboxylic acid groups (broad SMARTS) is 1. The van der Waals surface area contributed by atoms with Crippen LogP contribution in [0.5, 0.6) is 0 Å². The maximum absolute atomic E-state index is 12.9. The standard InChI is InChI=1S/C22H35N3O3S.C2HF3O2/c1-15-20(29-16(2)23-15)21(27)25-10-8-22(9-11-25)12-19(28-14-22)13-24(3)17-4-6-18(26)7-5-17;3-2(4,5)1(6)7/h17-19,26H,4-14H2,1-3H3;(H,6,7). The molecule has 1 aromatic heterocycles. The lowest BCUT2D eigenvalue weighted by Crippen LogP contribution is -2.44. The van der Waals surface area contributed by atoms with Crippen LogP contribution in [0.15, 0.2) is 0 Å². The second-order valence-corrected chi connectivity index (χ2v) is 11.5. The topological polar surface area (TPSA) is 103 Å². The number of aromatic nitrogens is 1. The zero-order valence-corrected chi connectivity index (χ0v) is 21.8. The molecule has 36 heavy (non-hydrogen) atoms. The Morgan fingerprint density at radius 3 is 2.28 bits per heavy atom. The number of amides is 1. The van der Waals surface area contributed by atoms with Gasteiger partial charge in [-0.3, -0.25) is 4.79 Å². The summed E-state index contributed by atoms with van der Waals surface area (Å²) in [4.78, 5) is 31.5. The molecule has 0 bridgehead atoms. The lowest BCUT2D eigenvalue weighted by Gasteiger charge is -2.38. The molecule has 3 heterocycles. The molecule has 8 nitrogen and oxygen atoms in total. The minimum absolute atomic E-state index is 0.101. The van der Waals surface area contributed by atoms with Crippen LogP contribution in [0.25, 0.3) is 0 Å². The third-order valence-corrected chi connectivity index (χ3v) is 8.58. The number of carboxylic acids is 1. The van der Waals surface area contributed by atoms with E-state index in [0.717, 1.165) is 86.8 Å². The van der Waals surface area contributed by atoms with Crippen LogP contribution in [0.1, 0.15) is 65.3 Å². The molecule has 3 fully saturated rings. The Balaban J connectivity index is 0.000000454. The summed E-state index contributed by atoms with van der Waals surface area (Å²) in [6.07, 6.45) is 2.30. The number of aliphatic hydroxyl groups excluding tert-OH is 1. The molecule has 4 rings (SSSR count). The summed E-state index contributed by atoms with van der Waals surface area (Å²) in [5.41, 5.74) is 1.10. The molecular weight excluding hydrogens is 499 g/mol. The first-order valence-corrected chi connectivity index (χ1v) is 13.1. The Morgan fingerprint density at radius 1 is 1.19 bits per heavy atom. The Kier molecular flexibility index (Phi) is 9.40. The van der Waals surface area contributed by atoms with Crippen molar-refractivity contribution in [2.45, 2.75) is 83.2 Å². The Morgan fingerprint density at radius 2 is 1.78 bits per heavy atom. The summed E-state index contributed by atoms with van der Waals surface area (Å²) in [5, 5.41) is 17.8. The van der Waals surface area contributed by atoms with Gasteiger partial charge < -0.3 is 24.7 Å². The van der Waals surface area contributed by atoms with Gasteiger partial charge in [-0.05, 0) is 71.3 Å². The highest BCUT2D eigenvalue weighted by Crippen LogP contribution is 2.42. The molecule has 204 valence electrons. The number of halogens is 3. The van der Waals surface area contributed by atoms with Gasteiger partial charge in [0.25, 0.3) is 5.91 Å². The number of piperidine rings is 1. The van der Waals surface area contributed by atoms with Gasteiger partial charge in [-0.1, -0.05) is 0 Å². The van der Waals surface area contributed by atoms with Gasteiger partial charge in [0.2, 0.25) is 0 Å². The van der Waals surface area contributed by atoms with E-state index >= 15 is 0 Å². The van der Waals surface area contributed by atoms with Crippen LogP contribution in [0, 0.1) is 19.3 Å². The van der Waals surface area contributed by atoms with E-state index in [1.165, 1.54) is 11.3 Å². The number of carbonyl (C=O) groups is 2. The van der Waals surface area contributed by atoms with E-state index in [1.807, 2.05) is 18.7 Å². The number of likely N-dealkylation sites (tertiary alicyclic amines) is 1. The number of aliphatic hydroxyl groups is 1. The first-order valence-electron chi connectivity index (χ1n) is 12.3. The fraction of sp³-hybridized carbons (Fsp3) is 0.792. The monoisotopic (exact) mass is 535 g/mol. The third kappa shape index (κ3) is 7.39. The van der Waals surface area contributed by atoms with Crippen molar-refractivity contribution in [3.8, 4) is 0 Å². The van der Waals surface area contributed by atoms with Gasteiger partial charge in [0.15, 0.2) is 0 Å². The fourth-order valence-electron chi connectivity index (χ4n) is 5.39. The molecule has 1 atom stereocenters. The summed E-state index contributed by atoms with van der Waals surface area (Å²) in [7, 11) is 2.21. The highest BCUT2D eigenvalue weighted by Gasteiger charge is 2.44. The normalized spacial score (nSPS) is 26.1. The molecule has 1 aliphatic carbocycles. The van der Waals surface area contributed by atoms with E-state index in [-0.39, 0.29) is 17.4 Å². The van der Waals surface area contributed by atoms with Crippen molar-refractivity contribution in [3.05, 3.63) is 15.6 Å². The average Bonchev–Trinajstić information content (AvgIpc) is 3.35. The van der Waals surface area contributed by atoms with Gasteiger partial charge >= 0.3 is 12.1 Å². The highest BCUT2D eigenvalue weighted by molar-refractivity contribution is 7.13. The van der Waals surface area contributed by atoms with Crippen molar-refractivity contribution in [3.63, 3.8) is 0 Å². The average molecular weight is 536 g/mol. The number of nitrogens with zero attached hydrogens (tertiary/aromatic N) is 3. The first kappa shape index (κ1) is 28.8. The molecule has 1 unspecified atom stereocenters. The summed E-state index contributed by atoms with van der Waals surface area (Å²) in [5.74, 6) is -2.61. The van der Waals surface area contributed by atoms with Crippen molar-refractivity contribution in [2.75, 3.05) is 33.3 Å². The van der Waals surface area contributed by atoms with E-state index in [0.29, 0.717) is 12.1 Å². The number of aliphatic carboxylic acids is 1. The molecule has 2 aliphatic heterocycles. The molecule has 3 aliphatic rings. The lowest BCUT2D eigenvalue weighted by molar-refractivity contribution is -0.192. The summed E-state index contributed by atoms with van der Waals surface area (Å²) < 4.78 is 38.0. The molecule has 2 saturated heterocycles. The van der Waals surface area contributed by atoms with Crippen LogP contribution in [0.4, 0.5) is 13.2 Å². The number of rotatable bonds is 4. The van der Waals surface area contributed by atoms with Crippen LogP contribution < -0.4 is 0 Å². The van der Waals surface area contributed by atoms with Gasteiger partial charge in [-0.2, -0.15) is 13.2 Å². The molecule has 1 aromatic rings. The largest absolute Gasteiger partial charge is 0.490 e. The highest BCUT2D eigenvalue weighted by atomic mass is 32.1. The number of ether oxygens (including phenoxy) is 1.